The Labute approximate surface area is 143 Å². The molecule has 1 aromatic rings. The maximum Gasteiger partial charge on any atom is 0.128 e. The van der Waals surface area contributed by atoms with E-state index in [1.807, 2.05) is 12.1 Å². The largest absolute Gasteiger partial charge is 0.497 e. The summed E-state index contributed by atoms with van der Waals surface area (Å²) in [5.74, 6) is 1.63. The maximum atomic E-state index is 9.47. The van der Waals surface area contributed by atoms with Gasteiger partial charge in [-0.25, -0.2) is 0 Å². The summed E-state index contributed by atoms with van der Waals surface area (Å²) < 4.78 is 27.9. The molecule has 1 aliphatic carbocycles. The molecular weight excluding hydrogens is 312 g/mol. The number of methoxy groups -OCH3 is 4. The molecule has 0 aromatic heterocycles. The van der Waals surface area contributed by atoms with Crippen LogP contribution >= 0.6 is 0 Å². The highest BCUT2D eigenvalue weighted by atomic mass is 16.6. The van der Waals surface area contributed by atoms with Crippen LogP contribution in [0, 0.1) is 5.92 Å². The molecule has 24 heavy (non-hydrogen) atoms. The zero-order valence-corrected chi connectivity index (χ0v) is 14.9. The van der Waals surface area contributed by atoms with Crippen molar-refractivity contribution in [1.82, 2.24) is 0 Å². The van der Waals surface area contributed by atoms with Crippen molar-refractivity contribution in [3.8, 4) is 11.5 Å². The number of aliphatic hydroxyl groups excluding tert-OH is 1. The summed E-state index contributed by atoms with van der Waals surface area (Å²) in [6.45, 7) is 0.452. The van der Waals surface area contributed by atoms with E-state index in [1.54, 1.807) is 34.5 Å². The van der Waals surface area contributed by atoms with E-state index in [2.05, 4.69) is 0 Å². The monoisotopic (exact) mass is 340 g/mol. The summed E-state index contributed by atoms with van der Waals surface area (Å²) in [5, 5.41) is 9.47. The van der Waals surface area contributed by atoms with Gasteiger partial charge in [0.25, 0.3) is 0 Å². The van der Waals surface area contributed by atoms with Crippen LogP contribution in [0.1, 0.15) is 18.4 Å². The number of hydrogen-bond donors (Lipinski definition) is 1. The molecular formula is C18H28O6. The van der Waals surface area contributed by atoms with Crippen LogP contribution in [-0.2, 0) is 20.8 Å². The number of rotatable bonds is 8. The van der Waals surface area contributed by atoms with Crippen LogP contribution in [-0.4, -0.2) is 58.5 Å². The minimum atomic E-state index is -0.0723. The molecule has 0 aliphatic heterocycles. The van der Waals surface area contributed by atoms with E-state index in [1.165, 1.54) is 0 Å². The molecule has 6 heteroatoms. The Morgan fingerprint density at radius 2 is 1.67 bits per heavy atom. The number of benzene rings is 1. The first-order chi connectivity index (χ1) is 11.7. The lowest BCUT2D eigenvalue weighted by Gasteiger charge is -2.39. The van der Waals surface area contributed by atoms with Crippen LogP contribution in [0.2, 0.25) is 0 Å². The summed E-state index contributed by atoms with van der Waals surface area (Å²) >= 11 is 0. The number of ether oxygens (including phenoxy) is 5. The van der Waals surface area contributed by atoms with E-state index in [0.717, 1.165) is 18.4 Å². The lowest BCUT2D eigenvalue weighted by molar-refractivity contribution is -0.143. The molecule has 0 saturated heterocycles. The van der Waals surface area contributed by atoms with Crippen molar-refractivity contribution >= 4 is 0 Å². The van der Waals surface area contributed by atoms with Gasteiger partial charge < -0.3 is 28.8 Å². The van der Waals surface area contributed by atoms with E-state index in [9.17, 15) is 5.11 Å². The predicted octanol–water partition coefficient (Wildman–Crippen LogP) is 2.02. The van der Waals surface area contributed by atoms with E-state index < -0.39 is 0 Å². The highest BCUT2D eigenvalue weighted by Crippen LogP contribution is 2.32. The number of aliphatic hydroxyl groups is 1. The smallest absolute Gasteiger partial charge is 0.128 e. The first kappa shape index (κ1) is 19.0. The van der Waals surface area contributed by atoms with E-state index >= 15 is 0 Å². The van der Waals surface area contributed by atoms with Gasteiger partial charge in [0.15, 0.2) is 0 Å². The van der Waals surface area contributed by atoms with Gasteiger partial charge in [-0.15, -0.1) is 0 Å². The van der Waals surface area contributed by atoms with Crippen molar-refractivity contribution in [2.24, 2.45) is 5.92 Å². The van der Waals surface area contributed by atoms with Gasteiger partial charge in [0.2, 0.25) is 0 Å². The minimum Gasteiger partial charge on any atom is -0.497 e. The third kappa shape index (κ3) is 4.39. The summed E-state index contributed by atoms with van der Waals surface area (Å²) in [6.07, 6.45) is 1.57. The Kier molecular flexibility index (Phi) is 7.30. The predicted molar refractivity (Wildman–Crippen MR) is 89.5 cm³/mol. The molecule has 2 unspecified atom stereocenters. The first-order valence-corrected chi connectivity index (χ1v) is 8.15. The normalized spacial score (nSPS) is 27.0. The second-order valence-electron chi connectivity index (χ2n) is 6.03. The zero-order valence-electron chi connectivity index (χ0n) is 14.9. The maximum absolute atomic E-state index is 9.47. The van der Waals surface area contributed by atoms with Crippen LogP contribution in [0.15, 0.2) is 18.2 Å². The van der Waals surface area contributed by atoms with Gasteiger partial charge in [-0.3, -0.25) is 0 Å². The van der Waals surface area contributed by atoms with E-state index in [4.69, 9.17) is 23.7 Å². The third-order valence-corrected chi connectivity index (χ3v) is 4.66. The summed E-state index contributed by atoms with van der Waals surface area (Å²) in [5.41, 5.74) is 0.743. The van der Waals surface area contributed by atoms with Crippen LogP contribution in [0.4, 0.5) is 0 Å². The van der Waals surface area contributed by atoms with Crippen LogP contribution in [0.5, 0.6) is 11.5 Å². The number of hydrogen-bond acceptors (Lipinski definition) is 6. The molecule has 0 bridgehead atoms. The summed E-state index contributed by atoms with van der Waals surface area (Å²) in [6, 6.07) is 5.42. The Morgan fingerprint density at radius 3 is 2.17 bits per heavy atom. The topological polar surface area (TPSA) is 66.4 Å². The summed E-state index contributed by atoms with van der Waals surface area (Å²) in [4.78, 5) is 0. The lowest BCUT2D eigenvalue weighted by atomic mass is 9.83. The second kappa shape index (κ2) is 9.22. The van der Waals surface area contributed by atoms with E-state index in [-0.39, 0.29) is 30.8 Å². The molecule has 1 N–H and O–H groups in total. The molecule has 0 spiro atoms. The van der Waals surface area contributed by atoms with Gasteiger partial charge in [0.05, 0.1) is 32.5 Å². The van der Waals surface area contributed by atoms with Crippen LogP contribution < -0.4 is 9.47 Å². The van der Waals surface area contributed by atoms with Crippen molar-refractivity contribution in [3.63, 3.8) is 0 Å². The van der Waals surface area contributed by atoms with Gasteiger partial charge in [-0.1, -0.05) is 0 Å². The van der Waals surface area contributed by atoms with Gasteiger partial charge in [-0.05, 0) is 30.9 Å². The fraction of sp³-hybridized carbons (Fsp3) is 0.667. The SMILES string of the molecule is COc1ccc(CO)c(OCC2CC(OC)C(OC)C(OC)C2)c1. The third-order valence-electron chi connectivity index (χ3n) is 4.66. The van der Waals surface area contributed by atoms with Crippen LogP contribution in [0.3, 0.4) is 0 Å². The average molecular weight is 340 g/mol. The standard InChI is InChI=1S/C18H28O6/c1-20-14-6-5-13(10-19)15(9-14)24-11-12-7-16(21-2)18(23-4)17(8-12)22-3/h5-6,9,12,16-19H,7-8,10-11H2,1-4H3. The molecule has 1 fully saturated rings. The molecule has 0 radical (unpaired) electrons. The second-order valence-corrected chi connectivity index (χ2v) is 6.03. The van der Waals surface area contributed by atoms with Gasteiger partial charge >= 0.3 is 0 Å². The Hall–Kier alpha value is -1.34. The molecule has 1 aromatic carbocycles. The Morgan fingerprint density at radius 1 is 1.00 bits per heavy atom. The molecule has 6 nitrogen and oxygen atoms in total. The van der Waals surface area contributed by atoms with Crippen LogP contribution in [0.25, 0.3) is 0 Å². The first-order valence-electron chi connectivity index (χ1n) is 8.15. The van der Waals surface area contributed by atoms with Gasteiger partial charge in [-0.2, -0.15) is 0 Å². The Bertz CT molecular complexity index is 492. The molecule has 0 amide bonds. The fourth-order valence-corrected chi connectivity index (χ4v) is 3.30. The molecule has 2 rings (SSSR count). The highest BCUT2D eigenvalue weighted by molar-refractivity contribution is 5.40. The molecule has 2 atom stereocenters. The van der Waals surface area contributed by atoms with Crippen molar-refractivity contribution < 1.29 is 28.8 Å². The van der Waals surface area contributed by atoms with Crippen molar-refractivity contribution in [1.29, 1.82) is 0 Å². The highest BCUT2D eigenvalue weighted by Gasteiger charge is 2.38. The van der Waals surface area contributed by atoms with Crippen molar-refractivity contribution in [2.45, 2.75) is 37.8 Å². The molecule has 0 heterocycles. The molecule has 1 saturated carbocycles. The zero-order chi connectivity index (χ0) is 17.5. The fourth-order valence-electron chi connectivity index (χ4n) is 3.30. The van der Waals surface area contributed by atoms with Crippen molar-refractivity contribution in [3.05, 3.63) is 23.8 Å². The Balaban J connectivity index is 2.03. The van der Waals surface area contributed by atoms with Gasteiger partial charge in [0.1, 0.15) is 17.6 Å². The molecule has 136 valence electrons. The molecule has 1 aliphatic rings. The van der Waals surface area contributed by atoms with E-state index in [0.29, 0.717) is 18.1 Å². The quantitative estimate of drug-likeness (QED) is 0.781. The van der Waals surface area contributed by atoms with Crippen molar-refractivity contribution in [2.75, 3.05) is 35.0 Å². The minimum absolute atomic E-state index is 0.0232. The summed E-state index contributed by atoms with van der Waals surface area (Å²) in [7, 11) is 6.68. The average Bonchev–Trinajstić information content (AvgIpc) is 2.64. The lowest BCUT2D eigenvalue weighted by Crippen LogP contribution is -2.48. The van der Waals surface area contributed by atoms with Gasteiger partial charge in [0, 0.05) is 33.0 Å².